The van der Waals surface area contributed by atoms with E-state index in [9.17, 15) is 9.59 Å². The largest absolute Gasteiger partial charge is 0.481 e. The van der Waals surface area contributed by atoms with Crippen LogP contribution in [0.4, 0.5) is 0 Å². The number of hydrogen-bond acceptors (Lipinski definition) is 3. The van der Waals surface area contributed by atoms with E-state index in [-0.39, 0.29) is 12.1 Å². The molecule has 0 saturated carbocycles. The van der Waals surface area contributed by atoms with Crippen molar-refractivity contribution in [3.05, 3.63) is 12.2 Å². The Balaban J connectivity index is 3.46. The first-order chi connectivity index (χ1) is 18.1. The Morgan fingerprint density at radius 3 is 1.51 bits per heavy atom. The lowest BCUT2D eigenvalue weighted by Crippen LogP contribution is -2.17. The summed E-state index contributed by atoms with van der Waals surface area (Å²) in [5, 5.41) is 8.63. The summed E-state index contributed by atoms with van der Waals surface area (Å²) in [5.41, 5.74) is 0. The fraction of sp³-hybridized carbons (Fsp3) is 0.879. The van der Waals surface area contributed by atoms with Crippen molar-refractivity contribution in [3.63, 3.8) is 0 Å². The topological polar surface area (TPSA) is 63.6 Å². The molecule has 0 aromatic carbocycles. The molecule has 0 rings (SSSR count). The number of aliphatic carboxylic acids is 1. The lowest BCUT2D eigenvalue weighted by molar-refractivity contribution is -0.149. The molecule has 1 N–H and O–H groups in total. The maximum absolute atomic E-state index is 12.2. The van der Waals surface area contributed by atoms with E-state index in [1.807, 2.05) is 0 Å². The summed E-state index contributed by atoms with van der Waals surface area (Å²) in [5.74, 6) is -0.674. The Labute approximate surface area is 230 Å². The molecule has 4 heteroatoms. The maximum atomic E-state index is 12.2. The molecule has 1 atom stereocenters. The Kier molecular flexibility index (Phi) is 28.2. The number of ether oxygens (including phenoxy) is 1. The number of carboxylic acids is 1. The van der Waals surface area contributed by atoms with Gasteiger partial charge in [-0.15, -0.1) is 0 Å². The zero-order valence-electron chi connectivity index (χ0n) is 24.8. The molecule has 0 aromatic rings. The zero-order chi connectivity index (χ0) is 27.2. The van der Waals surface area contributed by atoms with Crippen molar-refractivity contribution in [2.24, 2.45) is 0 Å². The highest BCUT2D eigenvalue weighted by Crippen LogP contribution is 2.16. The fourth-order valence-electron chi connectivity index (χ4n) is 4.82. The number of carbonyl (C=O) groups is 2. The molecule has 4 nitrogen and oxygen atoms in total. The maximum Gasteiger partial charge on any atom is 0.306 e. The van der Waals surface area contributed by atoms with E-state index in [0.29, 0.717) is 12.8 Å². The summed E-state index contributed by atoms with van der Waals surface area (Å²) >= 11 is 0. The molecular weight excluding hydrogens is 460 g/mol. The van der Waals surface area contributed by atoms with Crippen LogP contribution in [0.5, 0.6) is 0 Å². The SMILES string of the molecule is CCCCCC/C=C\CCCCCCCC(=O)OC(CC)CCCCCCCCCCCCCC(=O)O. The van der Waals surface area contributed by atoms with Gasteiger partial charge in [-0.3, -0.25) is 9.59 Å². The summed E-state index contributed by atoms with van der Waals surface area (Å²) in [6.45, 7) is 4.38. The number of hydrogen-bond donors (Lipinski definition) is 1. The minimum Gasteiger partial charge on any atom is -0.481 e. The molecule has 0 fully saturated rings. The third-order valence-corrected chi connectivity index (χ3v) is 7.31. The van der Waals surface area contributed by atoms with Gasteiger partial charge in [-0.2, -0.15) is 0 Å². The van der Waals surface area contributed by atoms with Crippen molar-refractivity contribution in [1.82, 2.24) is 0 Å². The van der Waals surface area contributed by atoms with Crippen LogP contribution in [0, 0.1) is 0 Å². The molecule has 0 spiro atoms. The molecule has 1 unspecified atom stereocenters. The second-order valence-electron chi connectivity index (χ2n) is 11.0. The summed E-state index contributed by atoms with van der Waals surface area (Å²) < 4.78 is 5.74. The average Bonchev–Trinajstić information content (AvgIpc) is 2.88. The first-order valence-electron chi connectivity index (χ1n) is 16.2. The van der Waals surface area contributed by atoms with Crippen LogP contribution in [0.1, 0.15) is 181 Å². The normalized spacial score (nSPS) is 12.3. The quantitative estimate of drug-likeness (QED) is 0.0602. The van der Waals surface area contributed by atoms with Gasteiger partial charge < -0.3 is 9.84 Å². The molecule has 0 aliphatic rings. The van der Waals surface area contributed by atoms with Gasteiger partial charge in [0.05, 0.1) is 0 Å². The van der Waals surface area contributed by atoms with Crippen molar-refractivity contribution in [1.29, 1.82) is 0 Å². The summed E-state index contributed by atoms with van der Waals surface area (Å²) in [4.78, 5) is 22.7. The van der Waals surface area contributed by atoms with Gasteiger partial charge in [0, 0.05) is 12.8 Å². The fourth-order valence-corrected chi connectivity index (χ4v) is 4.82. The van der Waals surface area contributed by atoms with Crippen LogP contribution in [0.2, 0.25) is 0 Å². The average molecular weight is 523 g/mol. The molecule has 0 amide bonds. The molecule has 0 aliphatic heterocycles. The molecule has 0 aliphatic carbocycles. The lowest BCUT2D eigenvalue weighted by atomic mass is 10.0. The Hall–Kier alpha value is -1.32. The van der Waals surface area contributed by atoms with E-state index in [0.717, 1.165) is 44.9 Å². The van der Waals surface area contributed by atoms with Crippen LogP contribution < -0.4 is 0 Å². The Morgan fingerprint density at radius 1 is 0.595 bits per heavy atom. The standard InChI is InChI=1S/C33H62O4/c1-3-5-6-7-8-9-10-11-15-18-21-24-27-30-33(36)37-31(4-2)28-25-22-19-16-13-12-14-17-20-23-26-29-32(34)35/h9-10,31H,3-8,11-30H2,1-2H3,(H,34,35)/b10-9-. The third kappa shape index (κ3) is 29.1. The van der Waals surface area contributed by atoms with Gasteiger partial charge in [0.15, 0.2) is 0 Å². The monoisotopic (exact) mass is 522 g/mol. The van der Waals surface area contributed by atoms with Gasteiger partial charge in [-0.1, -0.05) is 122 Å². The van der Waals surface area contributed by atoms with Gasteiger partial charge >= 0.3 is 11.9 Å². The van der Waals surface area contributed by atoms with Crippen LogP contribution >= 0.6 is 0 Å². The zero-order valence-corrected chi connectivity index (χ0v) is 24.8. The van der Waals surface area contributed by atoms with Crippen LogP contribution in [-0.2, 0) is 14.3 Å². The summed E-state index contributed by atoms with van der Waals surface area (Å²) in [7, 11) is 0. The molecule has 0 bridgehead atoms. The van der Waals surface area contributed by atoms with Crippen molar-refractivity contribution in [3.8, 4) is 0 Å². The molecule has 218 valence electrons. The van der Waals surface area contributed by atoms with E-state index >= 15 is 0 Å². The van der Waals surface area contributed by atoms with Crippen molar-refractivity contribution >= 4 is 11.9 Å². The van der Waals surface area contributed by atoms with Crippen molar-refractivity contribution in [2.45, 2.75) is 187 Å². The molecule has 37 heavy (non-hydrogen) atoms. The van der Waals surface area contributed by atoms with Crippen LogP contribution in [0.15, 0.2) is 12.2 Å². The van der Waals surface area contributed by atoms with Gasteiger partial charge in [-0.25, -0.2) is 0 Å². The predicted octanol–water partition coefficient (Wildman–Crippen LogP) is 10.7. The number of rotatable bonds is 29. The third-order valence-electron chi connectivity index (χ3n) is 7.31. The van der Waals surface area contributed by atoms with E-state index < -0.39 is 5.97 Å². The van der Waals surface area contributed by atoms with Gasteiger partial charge in [0.25, 0.3) is 0 Å². The van der Waals surface area contributed by atoms with Gasteiger partial charge in [0.2, 0.25) is 0 Å². The van der Waals surface area contributed by atoms with Gasteiger partial charge in [0.1, 0.15) is 6.10 Å². The lowest BCUT2D eigenvalue weighted by Gasteiger charge is -2.16. The number of carboxylic acid groups (broad SMARTS) is 1. The van der Waals surface area contributed by atoms with Crippen molar-refractivity contribution in [2.75, 3.05) is 0 Å². The number of esters is 1. The summed E-state index contributed by atoms with van der Waals surface area (Å²) in [6.07, 6.45) is 34.4. The van der Waals surface area contributed by atoms with Gasteiger partial charge in [-0.05, 0) is 57.8 Å². The minimum absolute atomic E-state index is 0.000756. The van der Waals surface area contributed by atoms with Crippen LogP contribution in [0.25, 0.3) is 0 Å². The van der Waals surface area contributed by atoms with Crippen LogP contribution in [0.3, 0.4) is 0 Å². The Bertz CT molecular complexity index is 528. The number of unbranched alkanes of at least 4 members (excludes halogenated alkanes) is 19. The van der Waals surface area contributed by atoms with E-state index in [2.05, 4.69) is 26.0 Å². The smallest absolute Gasteiger partial charge is 0.306 e. The number of carbonyl (C=O) groups excluding carboxylic acids is 1. The molecule has 0 aromatic heterocycles. The molecule has 0 radical (unpaired) electrons. The highest BCUT2D eigenvalue weighted by molar-refractivity contribution is 5.69. The minimum atomic E-state index is -0.674. The van der Waals surface area contributed by atoms with Crippen molar-refractivity contribution < 1.29 is 19.4 Å². The van der Waals surface area contributed by atoms with E-state index in [1.54, 1.807) is 0 Å². The first-order valence-corrected chi connectivity index (χ1v) is 16.2. The first kappa shape index (κ1) is 35.7. The number of allylic oxidation sites excluding steroid dienone is 2. The van der Waals surface area contributed by atoms with E-state index in [4.69, 9.17) is 9.84 Å². The van der Waals surface area contributed by atoms with E-state index in [1.165, 1.54) is 109 Å². The molecule has 0 heterocycles. The molecule has 0 saturated heterocycles. The highest BCUT2D eigenvalue weighted by Gasteiger charge is 2.12. The predicted molar refractivity (Wildman–Crippen MR) is 158 cm³/mol. The molecular formula is C33H62O4. The summed E-state index contributed by atoms with van der Waals surface area (Å²) in [6, 6.07) is 0. The van der Waals surface area contributed by atoms with Crippen LogP contribution in [-0.4, -0.2) is 23.1 Å². The highest BCUT2D eigenvalue weighted by atomic mass is 16.5. The second-order valence-corrected chi connectivity index (χ2v) is 11.0. The second kappa shape index (κ2) is 29.2. The Morgan fingerprint density at radius 2 is 1.03 bits per heavy atom.